The Morgan fingerprint density at radius 1 is 1.15 bits per heavy atom. The van der Waals surface area contributed by atoms with Crippen molar-refractivity contribution in [2.75, 3.05) is 7.11 Å². The molecule has 0 amide bonds. The topological polar surface area (TPSA) is 29.5 Å². The Kier molecular flexibility index (Phi) is 3.03. The Bertz CT molecular complexity index is 465. The lowest BCUT2D eigenvalue weighted by molar-refractivity contribution is 0.120. The van der Waals surface area contributed by atoms with Crippen LogP contribution in [0, 0.1) is 29.6 Å². The van der Waals surface area contributed by atoms with Gasteiger partial charge in [0.2, 0.25) is 0 Å². The fourth-order valence-corrected chi connectivity index (χ4v) is 5.21. The van der Waals surface area contributed by atoms with Gasteiger partial charge in [-0.1, -0.05) is 12.1 Å². The Morgan fingerprint density at radius 2 is 1.80 bits per heavy atom. The van der Waals surface area contributed by atoms with E-state index in [1.807, 2.05) is 12.1 Å². The van der Waals surface area contributed by atoms with E-state index >= 15 is 0 Å². The van der Waals surface area contributed by atoms with Crippen molar-refractivity contribution in [2.24, 2.45) is 29.6 Å². The minimum absolute atomic E-state index is 0.0736. The second-order valence-corrected chi connectivity index (χ2v) is 7.02. The van der Waals surface area contributed by atoms with Crippen molar-refractivity contribution in [3.8, 4) is 5.75 Å². The van der Waals surface area contributed by atoms with E-state index in [1.54, 1.807) is 7.11 Å². The zero-order chi connectivity index (χ0) is 13.7. The van der Waals surface area contributed by atoms with Crippen molar-refractivity contribution in [1.82, 2.24) is 0 Å². The molecular formula is C18H24O2. The van der Waals surface area contributed by atoms with Gasteiger partial charge in [0.1, 0.15) is 5.75 Å². The van der Waals surface area contributed by atoms with Crippen molar-refractivity contribution in [1.29, 1.82) is 0 Å². The number of benzene rings is 1. The average Bonchev–Trinajstić information content (AvgIpc) is 2.93. The number of aryl methyl sites for hydroxylation is 1. The standard InChI is InChI=1S/C18H24O2/c1-20-14-7-2-11(3-8-14)4-9-15(19)18-16-12-5-6-13(10-12)17(16)18/h2-3,7-8,12-13,15-19H,4-6,9-10H2,1H3. The molecule has 1 N–H and O–H groups in total. The second kappa shape index (κ2) is 4.77. The third-order valence-electron chi connectivity index (χ3n) is 6.13. The van der Waals surface area contributed by atoms with Crippen molar-refractivity contribution in [3.63, 3.8) is 0 Å². The highest BCUT2D eigenvalue weighted by Gasteiger charge is 2.66. The van der Waals surface area contributed by atoms with Gasteiger partial charge in [-0.05, 0) is 79.4 Å². The summed E-state index contributed by atoms with van der Waals surface area (Å²) >= 11 is 0. The molecular weight excluding hydrogens is 248 g/mol. The summed E-state index contributed by atoms with van der Waals surface area (Å²) in [5, 5.41) is 10.5. The van der Waals surface area contributed by atoms with E-state index in [0.29, 0.717) is 5.92 Å². The molecule has 4 rings (SSSR count). The molecule has 1 aromatic rings. The van der Waals surface area contributed by atoms with E-state index in [9.17, 15) is 5.11 Å². The number of methoxy groups -OCH3 is 1. The van der Waals surface area contributed by atoms with Gasteiger partial charge in [-0.25, -0.2) is 0 Å². The summed E-state index contributed by atoms with van der Waals surface area (Å²) in [5.41, 5.74) is 1.30. The van der Waals surface area contributed by atoms with Crippen molar-refractivity contribution < 1.29 is 9.84 Å². The van der Waals surface area contributed by atoms with Crippen LogP contribution in [0.4, 0.5) is 0 Å². The van der Waals surface area contributed by atoms with Crippen LogP contribution >= 0.6 is 0 Å². The molecule has 5 atom stereocenters. The van der Waals surface area contributed by atoms with Gasteiger partial charge < -0.3 is 9.84 Å². The highest BCUT2D eigenvalue weighted by atomic mass is 16.5. The van der Waals surface area contributed by atoms with Crippen molar-refractivity contribution in [2.45, 2.75) is 38.2 Å². The molecule has 20 heavy (non-hydrogen) atoms. The lowest BCUT2D eigenvalue weighted by Crippen LogP contribution is -2.16. The Hall–Kier alpha value is -1.02. The first kappa shape index (κ1) is 12.7. The number of ether oxygens (including phenoxy) is 1. The highest BCUT2D eigenvalue weighted by Crippen LogP contribution is 2.70. The summed E-state index contributed by atoms with van der Waals surface area (Å²) in [6.07, 6.45) is 6.17. The van der Waals surface area contributed by atoms with E-state index in [-0.39, 0.29) is 6.10 Å². The minimum Gasteiger partial charge on any atom is -0.497 e. The van der Waals surface area contributed by atoms with Crippen LogP contribution in [0.25, 0.3) is 0 Å². The summed E-state index contributed by atoms with van der Waals surface area (Å²) in [4.78, 5) is 0. The molecule has 2 nitrogen and oxygen atoms in total. The molecule has 0 spiro atoms. The van der Waals surface area contributed by atoms with Crippen LogP contribution in [-0.4, -0.2) is 18.3 Å². The molecule has 3 saturated carbocycles. The number of aliphatic hydroxyl groups is 1. The zero-order valence-corrected chi connectivity index (χ0v) is 12.2. The third kappa shape index (κ3) is 1.96. The largest absolute Gasteiger partial charge is 0.497 e. The van der Waals surface area contributed by atoms with E-state index in [1.165, 1.54) is 24.8 Å². The molecule has 0 heterocycles. The number of aliphatic hydroxyl groups excluding tert-OH is 1. The highest BCUT2D eigenvalue weighted by molar-refractivity contribution is 5.27. The van der Waals surface area contributed by atoms with Gasteiger partial charge in [0.15, 0.2) is 0 Å². The molecule has 2 bridgehead atoms. The molecule has 0 radical (unpaired) electrons. The van der Waals surface area contributed by atoms with Gasteiger partial charge in [0, 0.05) is 0 Å². The maximum Gasteiger partial charge on any atom is 0.118 e. The molecule has 0 aromatic heterocycles. The first-order chi connectivity index (χ1) is 9.78. The van der Waals surface area contributed by atoms with E-state index < -0.39 is 0 Å². The molecule has 3 fully saturated rings. The summed E-state index contributed by atoms with van der Waals surface area (Å²) in [5.74, 6) is 5.25. The zero-order valence-electron chi connectivity index (χ0n) is 12.2. The van der Waals surface area contributed by atoms with Crippen molar-refractivity contribution in [3.05, 3.63) is 29.8 Å². The van der Waals surface area contributed by atoms with Gasteiger partial charge >= 0.3 is 0 Å². The van der Waals surface area contributed by atoms with Gasteiger partial charge in [0.05, 0.1) is 13.2 Å². The Balaban J connectivity index is 1.31. The van der Waals surface area contributed by atoms with Crippen LogP contribution in [0.5, 0.6) is 5.75 Å². The summed E-state index contributed by atoms with van der Waals surface area (Å²) in [6.45, 7) is 0. The molecule has 1 aromatic carbocycles. The van der Waals surface area contributed by atoms with Crippen LogP contribution in [0.15, 0.2) is 24.3 Å². The number of hydrogen-bond acceptors (Lipinski definition) is 2. The molecule has 3 aliphatic carbocycles. The number of fused-ring (bicyclic) bond motifs is 5. The smallest absolute Gasteiger partial charge is 0.118 e. The lowest BCUT2D eigenvalue weighted by Gasteiger charge is -2.15. The van der Waals surface area contributed by atoms with Crippen LogP contribution in [0.3, 0.4) is 0 Å². The van der Waals surface area contributed by atoms with E-state index in [4.69, 9.17) is 4.74 Å². The summed E-state index contributed by atoms with van der Waals surface area (Å²) < 4.78 is 5.17. The summed E-state index contributed by atoms with van der Waals surface area (Å²) in [6, 6.07) is 8.24. The predicted octanol–water partition coefficient (Wildman–Crippen LogP) is 3.28. The molecule has 2 heteroatoms. The fourth-order valence-electron chi connectivity index (χ4n) is 5.21. The first-order valence-electron chi connectivity index (χ1n) is 8.09. The summed E-state index contributed by atoms with van der Waals surface area (Å²) in [7, 11) is 1.69. The maximum atomic E-state index is 10.5. The Morgan fingerprint density at radius 3 is 2.40 bits per heavy atom. The average molecular weight is 272 g/mol. The van der Waals surface area contributed by atoms with Crippen molar-refractivity contribution >= 4 is 0 Å². The van der Waals surface area contributed by atoms with Crippen LogP contribution in [0.1, 0.15) is 31.2 Å². The van der Waals surface area contributed by atoms with Gasteiger partial charge in [0.25, 0.3) is 0 Å². The van der Waals surface area contributed by atoms with E-state index in [2.05, 4.69) is 12.1 Å². The second-order valence-electron chi connectivity index (χ2n) is 7.02. The van der Waals surface area contributed by atoms with Crippen LogP contribution in [-0.2, 0) is 6.42 Å². The van der Waals surface area contributed by atoms with Crippen LogP contribution < -0.4 is 4.74 Å². The fraction of sp³-hybridized carbons (Fsp3) is 0.667. The number of rotatable bonds is 5. The molecule has 5 unspecified atom stereocenters. The lowest BCUT2D eigenvalue weighted by atomic mass is 9.95. The van der Waals surface area contributed by atoms with E-state index in [0.717, 1.165) is 42.3 Å². The number of hydrogen-bond donors (Lipinski definition) is 1. The predicted molar refractivity (Wildman–Crippen MR) is 78.6 cm³/mol. The quantitative estimate of drug-likeness (QED) is 0.891. The van der Waals surface area contributed by atoms with Crippen LogP contribution in [0.2, 0.25) is 0 Å². The van der Waals surface area contributed by atoms with Gasteiger partial charge in [-0.15, -0.1) is 0 Å². The van der Waals surface area contributed by atoms with Gasteiger partial charge in [-0.3, -0.25) is 0 Å². The molecule has 0 saturated heterocycles. The SMILES string of the molecule is COc1ccc(CCC(O)C2C3C4CCC(C4)C23)cc1. The molecule has 108 valence electrons. The first-order valence-corrected chi connectivity index (χ1v) is 8.09. The molecule has 0 aliphatic heterocycles. The normalized spacial score (nSPS) is 38.6. The third-order valence-corrected chi connectivity index (χ3v) is 6.13. The van der Waals surface area contributed by atoms with Gasteiger partial charge in [-0.2, -0.15) is 0 Å². The minimum atomic E-state index is -0.0736. The monoisotopic (exact) mass is 272 g/mol. The Labute approximate surface area is 121 Å². The molecule has 3 aliphatic rings. The maximum absolute atomic E-state index is 10.5.